The van der Waals surface area contributed by atoms with Gasteiger partial charge in [0, 0.05) is 17.3 Å². The molecule has 7 N–H and O–H groups in total. The summed E-state index contributed by atoms with van der Waals surface area (Å²) in [6.07, 6.45) is 5.11. The van der Waals surface area contributed by atoms with Gasteiger partial charge in [0.1, 0.15) is 6.04 Å². The molecule has 1 heterocycles. The summed E-state index contributed by atoms with van der Waals surface area (Å²) >= 11 is 0. The number of guanidine groups is 1. The van der Waals surface area contributed by atoms with Gasteiger partial charge in [-0.25, -0.2) is 9.59 Å². The Bertz CT molecular complexity index is 1150. The Morgan fingerprint density at radius 1 is 1.18 bits per heavy atom. The highest BCUT2D eigenvalue weighted by Crippen LogP contribution is 2.35. The van der Waals surface area contributed by atoms with E-state index in [0.29, 0.717) is 36.1 Å². The fraction of sp³-hybridized carbons (Fsp3) is 0.227. The number of fused-ring (bicyclic) bond motifs is 2. The zero-order valence-corrected chi connectivity index (χ0v) is 17.8. The van der Waals surface area contributed by atoms with Gasteiger partial charge in [-0.15, -0.1) is 0 Å². The molecule has 0 fully saturated rings. The molecule has 0 unspecified atom stereocenters. The van der Waals surface area contributed by atoms with Crippen LogP contribution in [-0.4, -0.2) is 46.0 Å². The number of ether oxygens (including phenoxy) is 2. The SMILES string of the molecule is N=C(N)NC1=C2/C=C/C(=O)Oc3cccc(C(=O)N[C@@H](CC(=O)O)C(=O)O)c3O/C=C\2CCC1. The van der Waals surface area contributed by atoms with E-state index in [0.717, 1.165) is 0 Å². The third kappa shape index (κ3) is 5.79. The summed E-state index contributed by atoms with van der Waals surface area (Å²) in [6, 6.07) is 2.44. The number of carboxylic acids is 2. The number of nitrogens with one attached hydrogen (secondary N) is 3. The molecule has 12 heteroatoms. The van der Waals surface area contributed by atoms with E-state index in [1.165, 1.54) is 36.6 Å². The van der Waals surface area contributed by atoms with Crippen LogP contribution in [0, 0.1) is 5.41 Å². The lowest BCUT2D eigenvalue weighted by Crippen LogP contribution is -2.42. The van der Waals surface area contributed by atoms with Crippen LogP contribution in [0.2, 0.25) is 0 Å². The number of para-hydroxylation sites is 1. The van der Waals surface area contributed by atoms with Gasteiger partial charge in [0.15, 0.2) is 17.5 Å². The van der Waals surface area contributed by atoms with Crippen LogP contribution >= 0.6 is 0 Å². The highest BCUT2D eigenvalue weighted by atomic mass is 16.6. The smallest absolute Gasteiger partial charge is 0.336 e. The molecule has 1 amide bonds. The lowest BCUT2D eigenvalue weighted by molar-refractivity contribution is -0.145. The summed E-state index contributed by atoms with van der Waals surface area (Å²) in [5, 5.41) is 30.5. The van der Waals surface area contributed by atoms with E-state index in [9.17, 15) is 24.3 Å². The molecule has 0 saturated carbocycles. The number of hydrogen-bond donors (Lipinski definition) is 6. The first-order valence-electron chi connectivity index (χ1n) is 10.1. The Morgan fingerprint density at radius 3 is 2.62 bits per heavy atom. The molecule has 34 heavy (non-hydrogen) atoms. The molecule has 178 valence electrons. The summed E-state index contributed by atoms with van der Waals surface area (Å²) in [6.45, 7) is 0. The predicted octanol–water partition coefficient (Wildman–Crippen LogP) is 1.00. The van der Waals surface area contributed by atoms with Crippen molar-refractivity contribution < 1.29 is 38.9 Å². The van der Waals surface area contributed by atoms with Crippen LogP contribution in [0.25, 0.3) is 0 Å². The first-order chi connectivity index (χ1) is 16.2. The second kappa shape index (κ2) is 10.3. The van der Waals surface area contributed by atoms with Crippen molar-refractivity contribution in [2.45, 2.75) is 31.7 Å². The summed E-state index contributed by atoms with van der Waals surface area (Å²) in [4.78, 5) is 47.5. The number of carbonyl (C=O) groups is 4. The first-order valence-corrected chi connectivity index (χ1v) is 10.1. The number of esters is 1. The molecular formula is C22H22N4O8. The Morgan fingerprint density at radius 2 is 1.94 bits per heavy atom. The van der Waals surface area contributed by atoms with Crippen molar-refractivity contribution in [2.24, 2.45) is 5.73 Å². The summed E-state index contributed by atoms with van der Waals surface area (Å²) < 4.78 is 11.1. The van der Waals surface area contributed by atoms with Crippen molar-refractivity contribution in [3.05, 3.63) is 59.0 Å². The van der Waals surface area contributed by atoms with Crippen molar-refractivity contribution in [2.75, 3.05) is 0 Å². The van der Waals surface area contributed by atoms with Crippen LogP contribution < -0.4 is 25.8 Å². The molecule has 0 aromatic heterocycles. The van der Waals surface area contributed by atoms with Crippen molar-refractivity contribution in [3.8, 4) is 11.5 Å². The monoisotopic (exact) mass is 470 g/mol. The number of aliphatic carboxylic acids is 2. The van der Waals surface area contributed by atoms with Crippen LogP contribution in [0.1, 0.15) is 36.0 Å². The van der Waals surface area contributed by atoms with Gasteiger partial charge >= 0.3 is 17.9 Å². The Kier molecular flexibility index (Phi) is 7.31. The third-order valence-electron chi connectivity index (χ3n) is 4.95. The zero-order valence-electron chi connectivity index (χ0n) is 17.8. The van der Waals surface area contributed by atoms with Crippen molar-refractivity contribution in [1.82, 2.24) is 10.6 Å². The molecule has 1 aromatic rings. The van der Waals surface area contributed by atoms with E-state index >= 15 is 0 Å². The van der Waals surface area contributed by atoms with Gasteiger partial charge in [0.25, 0.3) is 5.91 Å². The van der Waals surface area contributed by atoms with Gasteiger partial charge in [-0.1, -0.05) is 6.07 Å². The molecule has 1 aliphatic heterocycles. The molecular weight excluding hydrogens is 448 g/mol. The summed E-state index contributed by atoms with van der Waals surface area (Å²) in [7, 11) is 0. The van der Waals surface area contributed by atoms with E-state index in [1.807, 2.05) is 0 Å². The zero-order chi connectivity index (χ0) is 24.8. The summed E-state index contributed by atoms with van der Waals surface area (Å²) in [5.41, 5.74) is 7.15. The Balaban J connectivity index is 2.02. The third-order valence-corrected chi connectivity index (χ3v) is 4.95. The van der Waals surface area contributed by atoms with E-state index in [2.05, 4.69) is 10.6 Å². The number of nitrogens with two attached hydrogens (primary N) is 1. The highest BCUT2D eigenvalue weighted by molar-refractivity contribution is 6.00. The number of amides is 1. The maximum absolute atomic E-state index is 12.8. The molecule has 12 nitrogen and oxygen atoms in total. The van der Waals surface area contributed by atoms with Gasteiger partial charge in [0.2, 0.25) is 0 Å². The molecule has 0 spiro atoms. The van der Waals surface area contributed by atoms with Gasteiger partial charge in [-0.05, 0) is 43.0 Å². The van der Waals surface area contributed by atoms with Crippen LogP contribution in [0.4, 0.5) is 0 Å². The average Bonchev–Trinajstić information content (AvgIpc) is 2.76. The molecule has 1 atom stereocenters. The van der Waals surface area contributed by atoms with Crippen LogP contribution in [-0.2, 0) is 14.4 Å². The van der Waals surface area contributed by atoms with Gasteiger partial charge in [-0.3, -0.25) is 15.0 Å². The van der Waals surface area contributed by atoms with Crippen LogP contribution in [0.5, 0.6) is 11.5 Å². The molecule has 0 saturated heterocycles. The lowest BCUT2D eigenvalue weighted by Gasteiger charge is -2.23. The van der Waals surface area contributed by atoms with E-state index in [1.54, 1.807) is 0 Å². The standard InChI is InChI=1S/C22H22N4O8/c23-22(24)26-14-5-1-3-11-10-33-19-13(20(30)25-15(21(31)32)9-17(27)28)4-2-6-16(19)34-18(29)8-7-12(11)14/h2,4,6-8,10,15H,1,3,5,9H2,(H,25,30)(H,27,28)(H,31,32)(H4,23,24,26)/b8-7+,11-10-/t15-/m0/s1. The minimum atomic E-state index is -1.68. The first kappa shape index (κ1) is 24.0. The van der Waals surface area contributed by atoms with Gasteiger partial charge in [-0.2, -0.15) is 0 Å². The number of rotatable bonds is 6. The maximum Gasteiger partial charge on any atom is 0.336 e. The molecule has 1 aromatic carbocycles. The molecule has 3 rings (SSSR count). The topological polar surface area (TPSA) is 201 Å². The van der Waals surface area contributed by atoms with E-state index < -0.39 is 36.3 Å². The number of benzene rings is 1. The lowest BCUT2D eigenvalue weighted by atomic mass is 9.91. The van der Waals surface area contributed by atoms with Crippen LogP contribution in [0.3, 0.4) is 0 Å². The maximum atomic E-state index is 12.8. The number of hydrogen-bond acceptors (Lipinski definition) is 7. The number of allylic oxidation sites excluding steroid dienone is 4. The predicted molar refractivity (Wildman–Crippen MR) is 117 cm³/mol. The van der Waals surface area contributed by atoms with Crippen molar-refractivity contribution >= 4 is 29.8 Å². The molecule has 0 radical (unpaired) electrons. The quantitative estimate of drug-likeness (QED) is 0.151. The average molecular weight is 470 g/mol. The van der Waals surface area contributed by atoms with E-state index in [4.69, 9.17) is 25.7 Å². The molecule has 1 aliphatic carbocycles. The normalized spacial score (nSPS) is 18.5. The Hall–Kier alpha value is -4.61. The van der Waals surface area contributed by atoms with Gasteiger partial charge in [0.05, 0.1) is 18.2 Å². The second-order valence-corrected chi connectivity index (χ2v) is 7.39. The number of carboxylic acid groups (broad SMARTS) is 2. The Labute approximate surface area is 193 Å². The van der Waals surface area contributed by atoms with Crippen LogP contribution in [0.15, 0.2) is 53.5 Å². The minimum absolute atomic E-state index is 0.0883. The second-order valence-electron chi connectivity index (χ2n) is 7.39. The molecule has 2 aliphatic rings. The largest absolute Gasteiger partial charge is 0.481 e. The fourth-order valence-corrected chi connectivity index (χ4v) is 3.47. The van der Waals surface area contributed by atoms with E-state index in [-0.39, 0.29) is 23.0 Å². The van der Waals surface area contributed by atoms with Crippen molar-refractivity contribution in [1.29, 1.82) is 5.41 Å². The number of carbonyl (C=O) groups excluding carboxylic acids is 2. The summed E-state index contributed by atoms with van der Waals surface area (Å²) in [5.74, 6) is -5.13. The van der Waals surface area contributed by atoms with Gasteiger partial charge < -0.3 is 36.1 Å². The highest BCUT2D eigenvalue weighted by Gasteiger charge is 2.27. The molecule has 0 bridgehead atoms. The minimum Gasteiger partial charge on any atom is -0.481 e. The fourth-order valence-electron chi connectivity index (χ4n) is 3.47. The van der Waals surface area contributed by atoms with Crippen molar-refractivity contribution in [3.63, 3.8) is 0 Å².